The third kappa shape index (κ3) is 2.30. The van der Waals surface area contributed by atoms with Gasteiger partial charge in [0, 0.05) is 13.1 Å². The van der Waals surface area contributed by atoms with Crippen LogP contribution in [0.5, 0.6) is 0 Å². The van der Waals surface area contributed by atoms with Crippen molar-refractivity contribution in [1.82, 2.24) is 14.1 Å². The van der Waals surface area contributed by atoms with Gasteiger partial charge in [-0.25, -0.2) is 8.42 Å². The average Bonchev–Trinajstić information content (AvgIpc) is 2.99. The molecule has 1 saturated heterocycles. The highest BCUT2D eigenvalue weighted by molar-refractivity contribution is 7.89. The molecule has 0 spiro atoms. The van der Waals surface area contributed by atoms with Gasteiger partial charge < -0.3 is 9.84 Å². The van der Waals surface area contributed by atoms with Crippen molar-refractivity contribution in [2.45, 2.75) is 36.2 Å². The van der Waals surface area contributed by atoms with E-state index in [2.05, 4.69) is 11.7 Å². The van der Waals surface area contributed by atoms with E-state index >= 15 is 0 Å². The first kappa shape index (κ1) is 15.7. The number of sulfonamides is 1. The maximum atomic E-state index is 13.1. The van der Waals surface area contributed by atoms with Crippen molar-refractivity contribution in [3.63, 3.8) is 0 Å². The Hall–Kier alpha value is -1.22. The zero-order valence-corrected chi connectivity index (χ0v) is 13.3. The molecule has 3 heterocycles. The lowest BCUT2D eigenvalue weighted by Gasteiger charge is -2.42. The summed E-state index contributed by atoms with van der Waals surface area (Å²) in [5, 5.41) is 13.9. The summed E-state index contributed by atoms with van der Waals surface area (Å²) in [6, 6.07) is 0. The molecule has 0 saturated carbocycles. The van der Waals surface area contributed by atoms with Crippen molar-refractivity contribution in [3.8, 4) is 0 Å². The van der Waals surface area contributed by atoms with Crippen LogP contribution in [0.4, 0.5) is 0 Å². The number of hydrogen-bond donors (Lipinski definition) is 1. The Bertz CT molecular complexity index is 670. The number of aliphatic hydroxyl groups is 1. The van der Waals surface area contributed by atoms with Gasteiger partial charge in [0.1, 0.15) is 10.4 Å². The molecule has 8 heteroatoms. The summed E-state index contributed by atoms with van der Waals surface area (Å²) < 4.78 is 34.7. The first-order chi connectivity index (χ1) is 10.5. The monoisotopic (exact) mass is 327 g/mol. The maximum Gasteiger partial charge on any atom is 0.247 e. The lowest BCUT2D eigenvalue weighted by Crippen LogP contribution is -2.60. The second kappa shape index (κ2) is 5.77. The highest BCUT2D eigenvalue weighted by Gasteiger charge is 2.45. The molecule has 0 radical (unpaired) electrons. The number of morpholine rings is 1. The van der Waals surface area contributed by atoms with Crippen molar-refractivity contribution in [3.05, 3.63) is 24.5 Å². The van der Waals surface area contributed by atoms with Crippen molar-refractivity contribution < 1.29 is 18.3 Å². The van der Waals surface area contributed by atoms with Crippen LogP contribution in [-0.2, 0) is 27.7 Å². The molecular formula is C14H21N3O4S. The zero-order valence-electron chi connectivity index (χ0n) is 12.4. The van der Waals surface area contributed by atoms with E-state index in [1.165, 1.54) is 16.6 Å². The summed E-state index contributed by atoms with van der Waals surface area (Å²) in [5.74, 6) is 0. The van der Waals surface area contributed by atoms with Gasteiger partial charge in [0.05, 0.1) is 31.7 Å². The molecule has 7 nitrogen and oxygen atoms in total. The van der Waals surface area contributed by atoms with Crippen molar-refractivity contribution in [1.29, 1.82) is 0 Å². The highest BCUT2D eigenvalue weighted by atomic mass is 32.2. The molecule has 122 valence electrons. The first-order valence-corrected chi connectivity index (χ1v) is 8.89. The van der Waals surface area contributed by atoms with Crippen LogP contribution in [-0.4, -0.2) is 59.5 Å². The van der Waals surface area contributed by atoms with Crippen LogP contribution in [0.3, 0.4) is 0 Å². The van der Waals surface area contributed by atoms with Gasteiger partial charge in [-0.05, 0) is 19.3 Å². The summed E-state index contributed by atoms with van der Waals surface area (Å²) >= 11 is 0. The van der Waals surface area contributed by atoms with E-state index in [0.29, 0.717) is 13.0 Å². The number of nitrogens with zero attached hydrogens (tertiary/aromatic N) is 3. The van der Waals surface area contributed by atoms with Gasteiger partial charge in [-0.15, -0.1) is 6.58 Å². The van der Waals surface area contributed by atoms with Crippen LogP contribution in [0.1, 0.15) is 18.5 Å². The number of fused-ring (bicyclic) bond motifs is 1. The van der Waals surface area contributed by atoms with Gasteiger partial charge in [-0.1, -0.05) is 6.08 Å². The largest absolute Gasteiger partial charge is 0.394 e. The van der Waals surface area contributed by atoms with Gasteiger partial charge >= 0.3 is 0 Å². The summed E-state index contributed by atoms with van der Waals surface area (Å²) in [6.45, 7) is 4.69. The van der Waals surface area contributed by atoms with Gasteiger partial charge in [-0.3, -0.25) is 4.68 Å². The molecule has 1 aromatic heterocycles. The number of hydrogen-bond acceptors (Lipinski definition) is 5. The second-order valence-electron chi connectivity index (χ2n) is 5.73. The van der Waals surface area contributed by atoms with Crippen molar-refractivity contribution in [2.75, 3.05) is 26.4 Å². The minimum absolute atomic E-state index is 0.107. The van der Waals surface area contributed by atoms with E-state index in [0.717, 1.165) is 25.1 Å². The van der Waals surface area contributed by atoms with Gasteiger partial charge in [-0.2, -0.15) is 9.40 Å². The SMILES string of the molecule is C=CC1(CO)COCCN1S(=O)(=O)c1cnn2c1CCCC2. The third-order valence-electron chi connectivity index (χ3n) is 4.45. The standard InChI is InChI=1S/C14H21N3O4S/c1-2-14(10-18)11-21-8-7-17(14)22(19,20)13-9-15-16-6-4-3-5-12(13)16/h2,9,18H,1,3-8,10-11H2. The Labute approximate surface area is 130 Å². The van der Waals surface area contributed by atoms with Crippen LogP contribution in [0, 0.1) is 0 Å². The molecule has 2 aliphatic rings. The minimum atomic E-state index is -3.75. The Balaban J connectivity index is 2.05. The van der Waals surface area contributed by atoms with Crippen molar-refractivity contribution in [2.24, 2.45) is 0 Å². The number of aromatic nitrogens is 2. The summed E-state index contributed by atoms with van der Waals surface area (Å²) in [5.41, 5.74) is -0.353. The molecule has 1 fully saturated rings. The molecular weight excluding hydrogens is 306 g/mol. The topological polar surface area (TPSA) is 84.7 Å². The molecule has 0 aliphatic carbocycles. The highest BCUT2D eigenvalue weighted by Crippen LogP contribution is 2.31. The first-order valence-electron chi connectivity index (χ1n) is 7.45. The van der Waals surface area contributed by atoms with E-state index in [1.807, 2.05) is 0 Å². The summed E-state index contributed by atoms with van der Waals surface area (Å²) in [4.78, 5) is 0.244. The van der Waals surface area contributed by atoms with E-state index in [-0.39, 0.29) is 24.7 Å². The molecule has 0 aromatic carbocycles. The van der Waals surface area contributed by atoms with Gasteiger partial charge in [0.2, 0.25) is 10.0 Å². The number of ether oxygens (including phenoxy) is 1. The van der Waals surface area contributed by atoms with E-state index in [9.17, 15) is 13.5 Å². The number of aryl methyl sites for hydroxylation is 1. The zero-order chi connectivity index (χ0) is 15.8. The summed E-state index contributed by atoms with van der Waals surface area (Å²) in [6.07, 6.45) is 5.57. The Morgan fingerprint density at radius 2 is 2.27 bits per heavy atom. The van der Waals surface area contributed by atoms with E-state index in [4.69, 9.17) is 4.74 Å². The Kier molecular flexibility index (Phi) is 4.11. The molecule has 0 amide bonds. The van der Waals surface area contributed by atoms with Crippen LogP contribution in [0.2, 0.25) is 0 Å². The molecule has 3 rings (SSSR count). The van der Waals surface area contributed by atoms with E-state index < -0.39 is 15.6 Å². The Morgan fingerprint density at radius 3 is 3.00 bits per heavy atom. The fourth-order valence-corrected chi connectivity index (χ4v) is 5.03. The van der Waals surface area contributed by atoms with Crippen LogP contribution in [0.15, 0.2) is 23.7 Å². The average molecular weight is 327 g/mol. The predicted octanol–water partition coefficient (Wildman–Crippen LogP) is 0.157. The predicted molar refractivity (Wildman–Crippen MR) is 79.9 cm³/mol. The fraction of sp³-hybridized carbons (Fsp3) is 0.643. The normalized spacial score (nSPS) is 26.6. The second-order valence-corrected chi connectivity index (χ2v) is 7.56. The maximum absolute atomic E-state index is 13.1. The molecule has 1 atom stereocenters. The summed E-state index contributed by atoms with van der Waals surface area (Å²) in [7, 11) is -3.75. The number of aliphatic hydroxyl groups excluding tert-OH is 1. The third-order valence-corrected chi connectivity index (χ3v) is 6.48. The molecule has 22 heavy (non-hydrogen) atoms. The lowest BCUT2D eigenvalue weighted by atomic mass is 10.0. The molecule has 2 aliphatic heterocycles. The quantitative estimate of drug-likeness (QED) is 0.796. The smallest absolute Gasteiger partial charge is 0.247 e. The van der Waals surface area contributed by atoms with Gasteiger partial charge in [0.25, 0.3) is 0 Å². The van der Waals surface area contributed by atoms with Crippen LogP contribution in [0.25, 0.3) is 0 Å². The van der Waals surface area contributed by atoms with Gasteiger partial charge in [0.15, 0.2) is 0 Å². The fourth-order valence-electron chi connectivity index (χ4n) is 3.13. The minimum Gasteiger partial charge on any atom is -0.394 e. The number of rotatable bonds is 4. The molecule has 1 aromatic rings. The Morgan fingerprint density at radius 1 is 1.45 bits per heavy atom. The van der Waals surface area contributed by atoms with Crippen molar-refractivity contribution >= 4 is 10.0 Å². The molecule has 1 unspecified atom stereocenters. The lowest BCUT2D eigenvalue weighted by molar-refractivity contribution is -0.0269. The molecule has 1 N–H and O–H groups in total. The van der Waals surface area contributed by atoms with Crippen LogP contribution >= 0.6 is 0 Å². The molecule has 0 bridgehead atoms. The van der Waals surface area contributed by atoms with E-state index in [1.54, 1.807) is 4.68 Å². The van der Waals surface area contributed by atoms with Crippen LogP contribution < -0.4 is 0 Å².